The third-order valence-electron chi connectivity index (χ3n) is 2.54. The average molecular weight is 500 g/mol. The van der Waals surface area contributed by atoms with E-state index in [4.69, 9.17) is 0 Å². The number of amides is 1. The van der Waals surface area contributed by atoms with Crippen LogP contribution in [0.25, 0.3) is 6.08 Å². The van der Waals surface area contributed by atoms with Gasteiger partial charge in [0.15, 0.2) is 5.17 Å². The van der Waals surface area contributed by atoms with Crippen molar-refractivity contribution in [1.29, 1.82) is 0 Å². The van der Waals surface area contributed by atoms with Gasteiger partial charge in [0.05, 0.1) is 8.48 Å². The van der Waals surface area contributed by atoms with E-state index >= 15 is 0 Å². The maximum absolute atomic E-state index is 12.0. The van der Waals surface area contributed by atoms with Crippen molar-refractivity contribution in [2.75, 3.05) is 14.1 Å². The van der Waals surface area contributed by atoms with E-state index in [0.29, 0.717) is 15.6 Å². The number of amidine groups is 1. The van der Waals surface area contributed by atoms with E-state index in [9.17, 15) is 9.90 Å². The first kappa shape index (κ1) is 15.1. The Morgan fingerprint density at radius 2 is 2.11 bits per heavy atom. The lowest BCUT2D eigenvalue weighted by Gasteiger charge is -2.05. The van der Waals surface area contributed by atoms with Crippen LogP contribution in [0.4, 0.5) is 0 Å². The number of aromatic hydroxyl groups is 1. The van der Waals surface area contributed by atoms with Gasteiger partial charge in [-0.3, -0.25) is 14.7 Å². The molecule has 1 fully saturated rings. The van der Waals surface area contributed by atoms with E-state index < -0.39 is 0 Å². The summed E-state index contributed by atoms with van der Waals surface area (Å²) in [6, 6.07) is 3.73. The van der Waals surface area contributed by atoms with Crippen LogP contribution in [0.1, 0.15) is 5.56 Å². The molecule has 1 aromatic rings. The first-order valence-corrected chi connectivity index (χ1v) is 8.24. The first-order chi connectivity index (χ1) is 8.93. The SMILES string of the molecule is CN=C1S/C(=C\c2cc(I)cc(I)c2O)C(=O)N1C. The van der Waals surface area contributed by atoms with Gasteiger partial charge in [-0.05, 0) is 75.2 Å². The van der Waals surface area contributed by atoms with Crippen molar-refractivity contribution in [1.82, 2.24) is 4.90 Å². The molecule has 1 aliphatic heterocycles. The van der Waals surface area contributed by atoms with Crippen molar-refractivity contribution in [3.8, 4) is 5.75 Å². The zero-order valence-corrected chi connectivity index (χ0v) is 15.3. The zero-order valence-electron chi connectivity index (χ0n) is 10.1. The molecule has 4 nitrogen and oxygen atoms in total. The Morgan fingerprint density at radius 3 is 2.68 bits per heavy atom. The molecular weight excluding hydrogens is 490 g/mol. The monoisotopic (exact) mass is 500 g/mol. The highest BCUT2D eigenvalue weighted by molar-refractivity contribution is 14.1. The minimum Gasteiger partial charge on any atom is -0.506 e. The molecule has 7 heteroatoms. The van der Waals surface area contributed by atoms with Gasteiger partial charge in [-0.15, -0.1) is 0 Å². The fourth-order valence-corrected chi connectivity index (χ4v) is 4.39. The van der Waals surface area contributed by atoms with Crippen LogP contribution in [0.15, 0.2) is 22.0 Å². The van der Waals surface area contributed by atoms with Gasteiger partial charge in [-0.25, -0.2) is 0 Å². The molecule has 1 saturated heterocycles. The number of carbonyl (C=O) groups is 1. The number of carbonyl (C=O) groups excluding carboxylic acids is 1. The molecule has 100 valence electrons. The van der Waals surface area contributed by atoms with Crippen LogP contribution >= 0.6 is 56.9 Å². The van der Waals surface area contributed by atoms with E-state index in [-0.39, 0.29) is 11.7 Å². The molecule has 0 aromatic heterocycles. The highest BCUT2D eigenvalue weighted by atomic mass is 127. The molecule has 0 radical (unpaired) electrons. The van der Waals surface area contributed by atoms with Crippen LogP contribution in [0, 0.1) is 7.14 Å². The summed E-state index contributed by atoms with van der Waals surface area (Å²) in [5.74, 6) is 0.102. The van der Waals surface area contributed by atoms with Gasteiger partial charge in [0.1, 0.15) is 5.75 Å². The summed E-state index contributed by atoms with van der Waals surface area (Å²) in [6.07, 6.45) is 1.71. The van der Waals surface area contributed by atoms with E-state index in [0.717, 1.165) is 7.14 Å². The third-order valence-corrected chi connectivity index (χ3v) is 5.14. The van der Waals surface area contributed by atoms with Gasteiger partial charge in [-0.1, -0.05) is 0 Å². The van der Waals surface area contributed by atoms with Crippen LogP contribution in [0.5, 0.6) is 5.75 Å². The number of halogens is 2. The highest BCUT2D eigenvalue weighted by Gasteiger charge is 2.30. The van der Waals surface area contributed by atoms with Gasteiger partial charge in [-0.2, -0.15) is 0 Å². The van der Waals surface area contributed by atoms with E-state index in [1.807, 2.05) is 12.1 Å². The summed E-state index contributed by atoms with van der Waals surface area (Å²) >= 11 is 5.57. The molecule has 0 aliphatic carbocycles. The number of hydrogen-bond acceptors (Lipinski definition) is 4. The largest absolute Gasteiger partial charge is 0.506 e. The van der Waals surface area contributed by atoms with Gasteiger partial charge in [0.25, 0.3) is 5.91 Å². The molecule has 2 rings (SSSR count). The van der Waals surface area contributed by atoms with Crippen molar-refractivity contribution < 1.29 is 9.90 Å². The zero-order chi connectivity index (χ0) is 14.2. The second kappa shape index (κ2) is 6.00. The Balaban J connectivity index is 2.46. The summed E-state index contributed by atoms with van der Waals surface area (Å²) in [5.41, 5.74) is 0.651. The van der Waals surface area contributed by atoms with Crippen LogP contribution in [0.2, 0.25) is 0 Å². The summed E-state index contributed by atoms with van der Waals surface area (Å²) in [7, 11) is 3.35. The average Bonchev–Trinajstić information content (AvgIpc) is 2.63. The Labute approximate surface area is 142 Å². The first-order valence-electron chi connectivity index (χ1n) is 5.26. The maximum atomic E-state index is 12.0. The topological polar surface area (TPSA) is 52.9 Å². The second-order valence-corrected chi connectivity index (χ2v) is 7.22. The molecule has 19 heavy (non-hydrogen) atoms. The van der Waals surface area contributed by atoms with Crippen LogP contribution < -0.4 is 0 Å². The molecule has 1 aliphatic rings. The Morgan fingerprint density at radius 1 is 1.42 bits per heavy atom. The lowest BCUT2D eigenvalue weighted by molar-refractivity contribution is -0.121. The molecule has 0 spiro atoms. The van der Waals surface area contributed by atoms with E-state index in [1.165, 1.54) is 16.7 Å². The van der Waals surface area contributed by atoms with E-state index in [1.54, 1.807) is 20.2 Å². The smallest absolute Gasteiger partial charge is 0.266 e. The highest BCUT2D eigenvalue weighted by Crippen LogP contribution is 2.35. The molecule has 0 bridgehead atoms. The summed E-state index contributed by atoms with van der Waals surface area (Å²) in [5, 5.41) is 10.7. The standard InChI is InChI=1S/C12H10I2N2O2S/c1-15-12-16(2)11(18)9(19-12)4-6-3-7(13)5-8(14)10(6)17/h3-5,17H,1-2H3/b9-4-,15-12?. The molecule has 0 saturated carbocycles. The minimum absolute atomic E-state index is 0.0983. The fraction of sp³-hybridized carbons (Fsp3) is 0.167. The molecule has 0 unspecified atom stereocenters. The van der Waals surface area contributed by atoms with Crippen LogP contribution in [-0.4, -0.2) is 35.2 Å². The summed E-state index contributed by atoms with van der Waals surface area (Å²) in [6.45, 7) is 0. The summed E-state index contributed by atoms with van der Waals surface area (Å²) < 4.78 is 1.78. The third kappa shape index (κ3) is 3.07. The molecule has 0 atom stereocenters. The second-order valence-electron chi connectivity index (χ2n) is 3.81. The Bertz CT molecular complexity index is 614. The molecule has 1 N–H and O–H groups in total. The van der Waals surface area contributed by atoms with Gasteiger partial charge in [0.2, 0.25) is 0 Å². The van der Waals surface area contributed by atoms with Crippen molar-refractivity contribution in [2.45, 2.75) is 0 Å². The van der Waals surface area contributed by atoms with Gasteiger partial charge >= 0.3 is 0 Å². The number of thioether (sulfide) groups is 1. The lowest BCUT2D eigenvalue weighted by Crippen LogP contribution is -2.23. The van der Waals surface area contributed by atoms with Crippen molar-refractivity contribution in [3.63, 3.8) is 0 Å². The quantitative estimate of drug-likeness (QED) is 0.477. The van der Waals surface area contributed by atoms with Crippen molar-refractivity contribution >= 4 is 74.1 Å². The molecule has 1 amide bonds. The van der Waals surface area contributed by atoms with Crippen molar-refractivity contribution in [2.24, 2.45) is 4.99 Å². The maximum Gasteiger partial charge on any atom is 0.266 e. The number of phenols is 1. The number of rotatable bonds is 1. The Hall–Kier alpha value is -0.290. The normalized spacial score (nSPS) is 19.8. The van der Waals surface area contributed by atoms with Gasteiger partial charge < -0.3 is 5.11 Å². The predicted octanol–water partition coefficient (Wildman–Crippen LogP) is 3.13. The predicted molar refractivity (Wildman–Crippen MR) is 95.2 cm³/mol. The number of hydrogen-bond donors (Lipinski definition) is 1. The molecule has 1 heterocycles. The number of nitrogens with zero attached hydrogens (tertiary/aromatic N) is 2. The summed E-state index contributed by atoms with van der Waals surface area (Å²) in [4.78, 5) is 18.1. The number of aliphatic imine (C=N–C) groups is 1. The van der Waals surface area contributed by atoms with Gasteiger partial charge in [0, 0.05) is 23.2 Å². The van der Waals surface area contributed by atoms with E-state index in [2.05, 4.69) is 50.2 Å². The van der Waals surface area contributed by atoms with Crippen LogP contribution in [-0.2, 0) is 4.79 Å². The van der Waals surface area contributed by atoms with Crippen molar-refractivity contribution in [3.05, 3.63) is 29.7 Å². The fourth-order valence-electron chi connectivity index (χ4n) is 1.59. The molecular formula is C12H10I2N2O2S. The molecule has 1 aromatic carbocycles. The number of phenolic OH excluding ortho intramolecular Hbond substituents is 1. The number of likely N-dealkylation sites (N-methyl/N-ethyl adjacent to an activating group) is 1. The lowest BCUT2D eigenvalue weighted by atomic mass is 10.2. The minimum atomic E-state index is -0.0983. The Kier molecular flexibility index (Phi) is 4.77. The van der Waals surface area contributed by atoms with Crippen LogP contribution in [0.3, 0.4) is 0 Å². The number of benzene rings is 1.